The fourth-order valence-corrected chi connectivity index (χ4v) is 3.91. The number of piperidine rings is 1. The second-order valence-corrected chi connectivity index (χ2v) is 6.71. The average molecular weight is 287 g/mol. The van der Waals surface area contributed by atoms with Gasteiger partial charge in [-0.15, -0.1) is 0 Å². The Bertz CT molecular complexity index is 534. The van der Waals surface area contributed by atoms with Gasteiger partial charge in [0.2, 0.25) is 10.0 Å². The van der Waals surface area contributed by atoms with E-state index in [4.69, 9.17) is 0 Å². The lowest BCUT2D eigenvalue weighted by Gasteiger charge is -2.31. The van der Waals surface area contributed by atoms with Crippen LogP contribution in [-0.2, 0) is 10.0 Å². The lowest BCUT2D eigenvalue weighted by atomic mass is 10.00. The first-order valence-corrected chi connectivity index (χ1v) is 7.73. The molecule has 1 saturated heterocycles. The first kappa shape index (κ1) is 14.4. The van der Waals surface area contributed by atoms with Crippen molar-refractivity contribution in [3.63, 3.8) is 0 Å². The van der Waals surface area contributed by atoms with Crippen molar-refractivity contribution in [2.45, 2.75) is 17.7 Å². The van der Waals surface area contributed by atoms with Crippen LogP contribution in [0.25, 0.3) is 0 Å². The monoisotopic (exact) mass is 287 g/mol. The summed E-state index contributed by atoms with van der Waals surface area (Å²) < 4.78 is 39.3. The number of hydrogen-bond acceptors (Lipinski definition) is 4. The van der Waals surface area contributed by atoms with Crippen molar-refractivity contribution in [1.29, 1.82) is 0 Å². The molecule has 0 amide bonds. The molecule has 1 aromatic rings. The molecule has 1 fully saturated rings. The van der Waals surface area contributed by atoms with E-state index >= 15 is 0 Å². The Morgan fingerprint density at radius 2 is 2.32 bits per heavy atom. The van der Waals surface area contributed by atoms with Crippen LogP contribution in [0.4, 0.5) is 4.39 Å². The first-order chi connectivity index (χ1) is 9.04. The predicted molar refractivity (Wildman–Crippen MR) is 69.6 cm³/mol. The highest BCUT2D eigenvalue weighted by Gasteiger charge is 2.30. The quantitative estimate of drug-likeness (QED) is 0.891. The second kappa shape index (κ2) is 5.94. The van der Waals surface area contributed by atoms with Gasteiger partial charge in [0.15, 0.2) is 0 Å². The Morgan fingerprint density at radius 3 is 3.00 bits per heavy atom. The maximum absolute atomic E-state index is 13.1. The summed E-state index contributed by atoms with van der Waals surface area (Å²) in [6.07, 6.45) is 4.03. The van der Waals surface area contributed by atoms with Gasteiger partial charge in [-0.3, -0.25) is 4.98 Å². The van der Waals surface area contributed by atoms with E-state index in [9.17, 15) is 12.8 Å². The van der Waals surface area contributed by atoms with E-state index in [1.807, 2.05) is 7.05 Å². The van der Waals surface area contributed by atoms with E-state index in [2.05, 4.69) is 10.3 Å². The van der Waals surface area contributed by atoms with Gasteiger partial charge in [0.1, 0.15) is 10.7 Å². The topological polar surface area (TPSA) is 62.3 Å². The third-order valence-corrected chi connectivity index (χ3v) is 5.12. The summed E-state index contributed by atoms with van der Waals surface area (Å²) in [6, 6.07) is 1.02. The molecular weight excluding hydrogens is 269 g/mol. The number of rotatable bonds is 4. The fraction of sp³-hybridized carbons (Fsp3) is 0.583. The third-order valence-electron chi connectivity index (χ3n) is 3.29. The molecule has 7 heteroatoms. The fourth-order valence-electron chi connectivity index (χ4n) is 2.38. The van der Waals surface area contributed by atoms with E-state index in [0.717, 1.165) is 31.6 Å². The minimum absolute atomic E-state index is 0.0717. The Hall–Kier alpha value is -1.05. The Kier molecular flexibility index (Phi) is 4.49. The minimum atomic E-state index is -3.63. The van der Waals surface area contributed by atoms with Gasteiger partial charge in [0.05, 0.1) is 6.20 Å². The molecule has 1 unspecified atom stereocenters. The molecule has 2 heterocycles. The van der Waals surface area contributed by atoms with Crippen molar-refractivity contribution in [3.8, 4) is 0 Å². The van der Waals surface area contributed by atoms with E-state index < -0.39 is 15.8 Å². The molecule has 1 aliphatic rings. The molecule has 0 aliphatic carbocycles. The van der Waals surface area contributed by atoms with Gasteiger partial charge in [-0.1, -0.05) is 0 Å². The summed E-state index contributed by atoms with van der Waals surface area (Å²) in [6.45, 7) is 1.74. The molecule has 2 rings (SSSR count). The Labute approximate surface area is 112 Å². The summed E-state index contributed by atoms with van der Waals surface area (Å²) in [7, 11) is -1.78. The van der Waals surface area contributed by atoms with Gasteiger partial charge in [0.25, 0.3) is 0 Å². The van der Waals surface area contributed by atoms with Gasteiger partial charge in [0, 0.05) is 19.3 Å². The van der Waals surface area contributed by atoms with E-state index in [0.29, 0.717) is 19.0 Å². The number of halogens is 1. The number of sulfonamides is 1. The summed E-state index contributed by atoms with van der Waals surface area (Å²) in [5, 5.41) is 3.06. The van der Waals surface area contributed by atoms with Crippen LogP contribution in [-0.4, -0.2) is 44.4 Å². The van der Waals surface area contributed by atoms with Crippen molar-refractivity contribution in [2.24, 2.45) is 5.92 Å². The maximum Gasteiger partial charge on any atom is 0.244 e. The molecule has 0 saturated carbocycles. The molecule has 0 bridgehead atoms. The van der Waals surface area contributed by atoms with Crippen LogP contribution in [0.3, 0.4) is 0 Å². The van der Waals surface area contributed by atoms with Crippen LogP contribution in [0.5, 0.6) is 0 Å². The molecule has 19 heavy (non-hydrogen) atoms. The third kappa shape index (κ3) is 3.29. The van der Waals surface area contributed by atoms with Gasteiger partial charge >= 0.3 is 0 Å². The van der Waals surface area contributed by atoms with E-state index in [-0.39, 0.29) is 4.90 Å². The summed E-state index contributed by atoms with van der Waals surface area (Å²) in [5.41, 5.74) is 0. The average Bonchev–Trinajstić information content (AvgIpc) is 2.39. The Morgan fingerprint density at radius 1 is 1.53 bits per heavy atom. The minimum Gasteiger partial charge on any atom is -0.319 e. The SMILES string of the molecule is CNCC1CCCN(S(=O)(=O)c2cncc(F)c2)C1. The highest BCUT2D eigenvalue weighted by Crippen LogP contribution is 2.23. The zero-order chi connectivity index (χ0) is 13.9. The smallest absolute Gasteiger partial charge is 0.244 e. The number of pyridine rings is 1. The van der Waals surface area contributed by atoms with Gasteiger partial charge < -0.3 is 5.32 Å². The first-order valence-electron chi connectivity index (χ1n) is 6.29. The zero-order valence-corrected chi connectivity index (χ0v) is 11.7. The summed E-state index contributed by atoms with van der Waals surface area (Å²) in [5.74, 6) is -0.333. The lowest BCUT2D eigenvalue weighted by molar-refractivity contribution is 0.263. The molecule has 0 aromatic carbocycles. The molecule has 0 radical (unpaired) electrons. The largest absolute Gasteiger partial charge is 0.319 e. The standard InChI is InChI=1S/C12H18FN3O2S/c1-14-6-10-3-2-4-16(9-10)19(17,18)12-5-11(13)7-15-8-12/h5,7-8,10,14H,2-4,6,9H2,1H3. The maximum atomic E-state index is 13.1. The predicted octanol–water partition coefficient (Wildman–Crippen LogP) is 0.841. The molecule has 0 spiro atoms. The second-order valence-electron chi connectivity index (χ2n) is 4.77. The van der Waals surface area contributed by atoms with Crippen LogP contribution in [0.2, 0.25) is 0 Å². The van der Waals surface area contributed by atoms with E-state index in [1.54, 1.807) is 0 Å². The number of hydrogen-bond donors (Lipinski definition) is 1. The summed E-state index contributed by atoms with van der Waals surface area (Å²) >= 11 is 0. The van der Waals surface area contributed by atoms with Gasteiger partial charge in [-0.05, 0) is 38.4 Å². The van der Waals surface area contributed by atoms with Gasteiger partial charge in [-0.25, -0.2) is 12.8 Å². The van der Waals surface area contributed by atoms with Crippen molar-refractivity contribution < 1.29 is 12.8 Å². The summed E-state index contributed by atoms with van der Waals surface area (Å²) in [4.78, 5) is 3.54. The highest BCUT2D eigenvalue weighted by molar-refractivity contribution is 7.89. The highest BCUT2D eigenvalue weighted by atomic mass is 32.2. The molecule has 1 aliphatic heterocycles. The van der Waals surface area contributed by atoms with Crippen molar-refractivity contribution in [2.75, 3.05) is 26.7 Å². The molecule has 106 valence electrons. The normalized spacial score (nSPS) is 21.5. The van der Waals surface area contributed by atoms with Crippen molar-refractivity contribution in [1.82, 2.24) is 14.6 Å². The van der Waals surface area contributed by atoms with Crippen LogP contribution < -0.4 is 5.32 Å². The Balaban J connectivity index is 2.19. The zero-order valence-electron chi connectivity index (χ0n) is 10.8. The van der Waals surface area contributed by atoms with Crippen molar-refractivity contribution in [3.05, 3.63) is 24.3 Å². The molecule has 5 nitrogen and oxygen atoms in total. The van der Waals surface area contributed by atoms with Gasteiger partial charge in [-0.2, -0.15) is 4.31 Å². The van der Waals surface area contributed by atoms with Crippen LogP contribution in [0, 0.1) is 11.7 Å². The van der Waals surface area contributed by atoms with Crippen LogP contribution in [0.1, 0.15) is 12.8 Å². The van der Waals surface area contributed by atoms with Crippen molar-refractivity contribution >= 4 is 10.0 Å². The lowest BCUT2D eigenvalue weighted by Crippen LogP contribution is -2.42. The molecule has 1 N–H and O–H groups in total. The number of aromatic nitrogens is 1. The molecular formula is C12H18FN3O2S. The van der Waals surface area contributed by atoms with Crippen LogP contribution >= 0.6 is 0 Å². The van der Waals surface area contributed by atoms with E-state index in [1.165, 1.54) is 10.5 Å². The number of nitrogens with zero attached hydrogens (tertiary/aromatic N) is 2. The van der Waals surface area contributed by atoms with Crippen LogP contribution in [0.15, 0.2) is 23.4 Å². The molecule has 1 atom stereocenters. The molecule has 1 aromatic heterocycles. The number of nitrogens with one attached hydrogen (secondary N) is 1.